The maximum absolute atomic E-state index is 5.83. The molecule has 24 heavy (non-hydrogen) atoms. The Bertz CT molecular complexity index is 249. The Morgan fingerprint density at radius 1 is 0.667 bits per heavy atom. The molecule has 0 saturated carbocycles. The Labute approximate surface area is 153 Å². The van der Waals surface area contributed by atoms with Gasteiger partial charge in [0.2, 0.25) is 0 Å². The van der Waals surface area contributed by atoms with Crippen LogP contribution in [-0.2, 0) is 17.7 Å². The highest BCUT2D eigenvalue weighted by molar-refractivity contribution is 6.46. The lowest BCUT2D eigenvalue weighted by Gasteiger charge is -2.26. The second kappa shape index (κ2) is 15.5. The van der Waals surface area contributed by atoms with Crippen molar-refractivity contribution in [3.05, 3.63) is 0 Å². The van der Waals surface area contributed by atoms with Gasteiger partial charge in [0.15, 0.2) is 0 Å². The molecule has 0 radical (unpaired) electrons. The average Bonchev–Trinajstić information content (AvgIpc) is 2.57. The van der Waals surface area contributed by atoms with E-state index in [0.717, 1.165) is 52.4 Å². The summed E-state index contributed by atoms with van der Waals surface area (Å²) >= 11 is 0. The summed E-state index contributed by atoms with van der Waals surface area (Å²) in [6, 6.07) is 0. The van der Waals surface area contributed by atoms with Gasteiger partial charge in [-0.3, -0.25) is 0 Å². The smallest absolute Gasteiger partial charge is 0.324 e. The fourth-order valence-corrected chi connectivity index (χ4v) is 6.31. The molecule has 146 valence electrons. The van der Waals surface area contributed by atoms with Gasteiger partial charge in [0.05, 0.1) is 0 Å². The molecule has 2 atom stereocenters. The van der Waals surface area contributed by atoms with Crippen molar-refractivity contribution in [3.8, 4) is 0 Å². The van der Waals surface area contributed by atoms with Gasteiger partial charge in [-0.25, -0.2) is 0 Å². The zero-order valence-electron chi connectivity index (χ0n) is 17.0. The number of rotatable bonds is 16. The first-order chi connectivity index (χ1) is 11.5. The SMILES string of the molecule is CCO[SiH](OCC)C(C)CCN(C)CCC(C)[SiH](OCC)OCC. The van der Waals surface area contributed by atoms with E-state index >= 15 is 0 Å². The van der Waals surface area contributed by atoms with Crippen LogP contribution < -0.4 is 0 Å². The van der Waals surface area contributed by atoms with Gasteiger partial charge < -0.3 is 22.6 Å². The van der Waals surface area contributed by atoms with E-state index in [2.05, 4.69) is 53.5 Å². The molecule has 0 aromatic heterocycles. The van der Waals surface area contributed by atoms with Crippen LogP contribution in [0.3, 0.4) is 0 Å². The molecule has 0 heterocycles. The van der Waals surface area contributed by atoms with Crippen LogP contribution in [0.4, 0.5) is 0 Å². The first kappa shape index (κ1) is 24.2. The molecule has 0 fully saturated rings. The zero-order valence-corrected chi connectivity index (χ0v) is 19.4. The van der Waals surface area contributed by atoms with Gasteiger partial charge in [0, 0.05) is 26.4 Å². The van der Waals surface area contributed by atoms with Crippen LogP contribution in [0, 0.1) is 0 Å². The van der Waals surface area contributed by atoms with Crippen molar-refractivity contribution in [1.29, 1.82) is 0 Å². The van der Waals surface area contributed by atoms with E-state index in [1.165, 1.54) is 0 Å². The second-order valence-electron chi connectivity index (χ2n) is 6.39. The molecule has 0 aliphatic carbocycles. The molecule has 0 aliphatic heterocycles. The Morgan fingerprint density at radius 3 is 1.21 bits per heavy atom. The van der Waals surface area contributed by atoms with Crippen molar-refractivity contribution < 1.29 is 17.7 Å². The fraction of sp³-hybridized carbons (Fsp3) is 1.00. The lowest BCUT2D eigenvalue weighted by Crippen LogP contribution is -2.32. The first-order valence-corrected chi connectivity index (χ1v) is 12.9. The first-order valence-electron chi connectivity index (χ1n) is 9.64. The van der Waals surface area contributed by atoms with Crippen molar-refractivity contribution in [3.63, 3.8) is 0 Å². The molecule has 0 aliphatic rings. The van der Waals surface area contributed by atoms with E-state index in [9.17, 15) is 0 Å². The summed E-state index contributed by atoms with van der Waals surface area (Å²) in [6.45, 7) is 18.0. The number of hydrogen-bond acceptors (Lipinski definition) is 5. The highest BCUT2D eigenvalue weighted by Gasteiger charge is 2.23. The van der Waals surface area contributed by atoms with Gasteiger partial charge >= 0.3 is 18.6 Å². The number of nitrogens with zero attached hydrogens (tertiary/aromatic N) is 1. The summed E-state index contributed by atoms with van der Waals surface area (Å²) in [6.07, 6.45) is 2.28. The van der Waals surface area contributed by atoms with Crippen LogP contribution >= 0.6 is 0 Å². The van der Waals surface area contributed by atoms with Gasteiger partial charge in [-0.15, -0.1) is 0 Å². The van der Waals surface area contributed by atoms with Crippen LogP contribution in [0.2, 0.25) is 11.1 Å². The van der Waals surface area contributed by atoms with Crippen LogP contribution in [0.15, 0.2) is 0 Å². The van der Waals surface area contributed by atoms with E-state index in [1.807, 2.05) is 0 Å². The minimum Gasteiger partial charge on any atom is -0.397 e. The van der Waals surface area contributed by atoms with Gasteiger partial charge in [0.1, 0.15) is 0 Å². The molecule has 0 saturated heterocycles. The summed E-state index contributed by atoms with van der Waals surface area (Å²) < 4.78 is 23.3. The molecule has 0 rings (SSSR count). The van der Waals surface area contributed by atoms with Crippen LogP contribution in [0.1, 0.15) is 54.4 Å². The molecule has 0 N–H and O–H groups in total. The predicted octanol–water partition coefficient (Wildman–Crippen LogP) is 3.07. The molecular formula is C17H41NO4Si2. The second-order valence-corrected chi connectivity index (χ2v) is 11.5. The van der Waals surface area contributed by atoms with Crippen LogP contribution in [0.5, 0.6) is 0 Å². The van der Waals surface area contributed by atoms with Crippen molar-refractivity contribution >= 4 is 18.6 Å². The summed E-state index contributed by atoms with van der Waals surface area (Å²) in [7, 11) is -0.839. The Hall–Kier alpha value is 0.234. The van der Waals surface area contributed by atoms with Gasteiger partial charge in [0.25, 0.3) is 0 Å². The molecule has 0 aromatic carbocycles. The highest BCUT2D eigenvalue weighted by Crippen LogP contribution is 2.19. The maximum Gasteiger partial charge on any atom is 0.324 e. The van der Waals surface area contributed by atoms with E-state index in [4.69, 9.17) is 17.7 Å². The van der Waals surface area contributed by atoms with Crippen molar-refractivity contribution in [2.24, 2.45) is 0 Å². The predicted molar refractivity (Wildman–Crippen MR) is 106 cm³/mol. The van der Waals surface area contributed by atoms with Crippen molar-refractivity contribution in [2.45, 2.75) is 65.5 Å². The Balaban J connectivity index is 4.12. The van der Waals surface area contributed by atoms with Crippen LogP contribution in [-0.4, -0.2) is 70.0 Å². The summed E-state index contributed by atoms with van der Waals surface area (Å²) in [5, 5.41) is 0. The molecule has 7 heteroatoms. The topological polar surface area (TPSA) is 40.2 Å². The van der Waals surface area contributed by atoms with Crippen molar-refractivity contribution in [1.82, 2.24) is 4.90 Å². The Morgan fingerprint density at radius 2 is 0.958 bits per heavy atom. The van der Waals surface area contributed by atoms with E-state index < -0.39 is 18.6 Å². The molecule has 0 aromatic rings. The van der Waals surface area contributed by atoms with E-state index in [-0.39, 0.29) is 0 Å². The van der Waals surface area contributed by atoms with Gasteiger partial charge in [-0.05, 0) is 71.8 Å². The monoisotopic (exact) mass is 379 g/mol. The minimum atomic E-state index is -1.52. The fourth-order valence-electron chi connectivity index (χ4n) is 2.64. The molecule has 5 nitrogen and oxygen atoms in total. The highest BCUT2D eigenvalue weighted by atomic mass is 28.3. The van der Waals surface area contributed by atoms with Gasteiger partial charge in [-0.1, -0.05) is 13.8 Å². The molecule has 0 amide bonds. The summed E-state index contributed by atoms with van der Waals surface area (Å²) in [4.78, 5) is 2.42. The maximum atomic E-state index is 5.83. The Kier molecular flexibility index (Phi) is 15.6. The summed E-state index contributed by atoms with van der Waals surface area (Å²) in [5.74, 6) is 0. The molecule has 0 spiro atoms. The largest absolute Gasteiger partial charge is 0.397 e. The lowest BCUT2D eigenvalue weighted by atomic mass is 10.3. The van der Waals surface area contributed by atoms with E-state index in [1.54, 1.807) is 0 Å². The lowest BCUT2D eigenvalue weighted by molar-refractivity contribution is 0.197. The molecule has 2 unspecified atom stereocenters. The average molecular weight is 380 g/mol. The van der Waals surface area contributed by atoms with Gasteiger partial charge in [-0.2, -0.15) is 0 Å². The zero-order chi connectivity index (χ0) is 18.4. The normalized spacial score (nSPS) is 14.8. The molecule has 0 bridgehead atoms. The standard InChI is InChI=1S/C17H41NO4Si2/c1-8-19-23(20-9-2)16(5)12-14-18(7)15-13-17(6)24(21-10-3)22-11-4/h16-17,23-24H,8-15H2,1-7H3. The quantitative estimate of drug-likeness (QED) is 0.385. The minimum absolute atomic E-state index is 0.541. The third-order valence-electron chi connectivity index (χ3n) is 4.19. The van der Waals surface area contributed by atoms with E-state index in [0.29, 0.717) is 11.1 Å². The number of hydrogen-bond donors (Lipinski definition) is 0. The molecular weight excluding hydrogens is 338 g/mol. The van der Waals surface area contributed by atoms with Crippen LogP contribution in [0.25, 0.3) is 0 Å². The third kappa shape index (κ3) is 11.0. The van der Waals surface area contributed by atoms with Crippen molar-refractivity contribution in [2.75, 3.05) is 46.6 Å². The third-order valence-corrected chi connectivity index (χ3v) is 9.36. The summed E-state index contributed by atoms with van der Waals surface area (Å²) in [5.41, 5.74) is 1.08.